The van der Waals surface area contributed by atoms with Gasteiger partial charge in [-0.05, 0) is 31.4 Å². The van der Waals surface area contributed by atoms with Gasteiger partial charge in [-0.3, -0.25) is 0 Å². The van der Waals surface area contributed by atoms with Gasteiger partial charge in [-0.1, -0.05) is 38.8 Å². The highest BCUT2D eigenvalue weighted by Crippen LogP contribution is 2.14. The zero-order chi connectivity index (χ0) is 16.8. The molecule has 0 aliphatic heterocycles. The average Bonchev–Trinajstić information content (AvgIpc) is 2.82. The van der Waals surface area contributed by atoms with Crippen molar-refractivity contribution >= 4 is 17.0 Å². The summed E-state index contributed by atoms with van der Waals surface area (Å²) >= 11 is 0. The average molecular weight is 315 g/mol. The molecule has 23 heavy (non-hydrogen) atoms. The smallest absolute Gasteiger partial charge is 0.189 e. The van der Waals surface area contributed by atoms with Crippen molar-refractivity contribution in [2.45, 2.75) is 52.6 Å². The van der Waals surface area contributed by atoms with Crippen molar-refractivity contribution in [3.8, 4) is 0 Å². The van der Waals surface area contributed by atoms with Crippen LogP contribution in [-0.4, -0.2) is 21.6 Å². The van der Waals surface area contributed by atoms with E-state index in [-0.39, 0.29) is 0 Å². The molecule has 0 fully saturated rings. The number of hydrogen-bond donors (Lipinski definition) is 2. The van der Waals surface area contributed by atoms with E-state index in [1.807, 2.05) is 25.2 Å². The van der Waals surface area contributed by atoms with Crippen LogP contribution in [0, 0.1) is 5.92 Å². The van der Waals surface area contributed by atoms with Crippen LogP contribution in [-0.2, 0) is 13.6 Å². The van der Waals surface area contributed by atoms with E-state index in [4.69, 9.17) is 5.73 Å². The molecule has 2 aromatic rings. The summed E-state index contributed by atoms with van der Waals surface area (Å²) in [5, 5.41) is 3.27. The Morgan fingerprint density at radius 2 is 2.00 bits per heavy atom. The zero-order valence-electron chi connectivity index (χ0n) is 14.7. The number of aliphatic imine (C=N–C) groups is 1. The molecule has 3 N–H and O–H groups in total. The normalized spacial score (nSPS) is 13.7. The first kappa shape index (κ1) is 17.3. The topological polar surface area (TPSA) is 68.2 Å². The largest absolute Gasteiger partial charge is 0.370 e. The van der Waals surface area contributed by atoms with Crippen molar-refractivity contribution in [3.05, 3.63) is 30.1 Å². The van der Waals surface area contributed by atoms with Crippen LogP contribution in [0.2, 0.25) is 0 Å². The maximum absolute atomic E-state index is 6.00. The van der Waals surface area contributed by atoms with E-state index in [2.05, 4.69) is 46.7 Å². The lowest BCUT2D eigenvalue weighted by Crippen LogP contribution is -2.38. The van der Waals surface area contributed by atoms with Crippen molar-refractivity contribution in [1.82, 2.24) is 14.9 Å². The van der Waals surface area contributed by atoms with Crippen LogP contribution < -0.4 is 11.1 Å². The molecule has 0 bridgehead atoms. The minimum absolute atomic E-state index is 0.345. The zero-order valence-corrected chi connectivity index (χ0v) is 14.7. The second kappa shape index (κ2) is 7.99. The summed E-state index contributed by atoms with van der Waals surface area (Å²) in [6.45, 7) is 7.15. The second-order valence-corrected chi connectivity index (χ2v) is 6.65. The lowest BCUT2D eigenvalue weighted by molar-refractivity contribution is 0.493. The van der Waals surface area contributed by atoms with Crippen LogP contribution in [0.1, 0.15) is 45.9 Å². The fourth-order valence-electron chi connectivity index (χ4n) is 2.70. The van der Waals surface area contributed by atoms with Crippen LogP contribution in [0.15, 0.2) is 29.3 Å². The van der Waals surface area contributed by atoms with Crippen molar-refractivity contribution in [2.75, 3.05) is 0 Å². The van der Waals surface area contributed by atoms with Crippen molar-refractivity contribution in [2.24, 2.45) is 23.7 Å². The molecule has 0 aliphatic rings. The number of fused-ring (bicyclic) bond motifs is 1. The number of imidazole rings is 1. The van der Waals surface area contributed by atoms with Gasteiger partial charge in [-0.15, -0.1) is 0 Å². The Bertz CT molecular complexity index is 656. The van der Waals surface area contributed by atoms with E-state index in [1.165, 1.54) is 12.8 Å². The first-order valence-electron chi connectivity index (χ1n) is 8.44. The van der Waals surface area contributed by atoms with Gasteiger partial charge in [0.1, 0.15) is 12.4 Å². The molecular weight excluding hydrogens is 286 g/mol. The van der Waals surface area contributed by atoms with Crippen molar-refractivity contribution in [3.63, 3.8) is 0 Å². The molecule has 2 rings (SSSR count). The van der Waals surface area contributed by atoms with Gasteiger partial charge in [0.05, 0.1) is 11.0 Å². The van der Waals surface area contributed by atoms with E-state index < -0.39 is 0 Å². The van der Waals surface area contributed by atoms with E-state index >= 15 is 0 Å². The molecule has 0 saturated carbocycles. The third kappa shape index (κ3) is 4.98. The second-order valence-electron chi connectivity index (χ2n) is 6.65. The Kier molecular flexibility index (Phi) is 6.02. The Hall–Kier alpha value is -2.04. The molecule has 5 heteroatoms. The molecule has 0 spiro atoms. The maximum atomic E-state index is 6.00. The van der Waals surface area contributed by atoms with Crippen molar-refractivity contribution < 1.29 is 0 Å². The highest BCUT2D eigenvalue weighted by Gasteiger charge is 2.07. The van der Waals surface area contributed by atoms with E-state index in [9.17, 15) is 0 Å². The van der Waals surface area contributed by atoms with Crippen molar-refractivity contribution in [1.29, 1.82) is 0 Å². The van der Waals surface area contributed by atoms with Gasteiger partial charge in [0, 0.05) is 13.1 Å². The predicted octanol–water partition coefficient (Wildman–Crippen LogP) is 3.19. The number of nitrogens with one attached hydrogen (secondary N) is 1. The van der Waals surface area contributed by atoms with Crippen LogP contribution in [0.4, 0.5) is 0 Å². The fraction of sp³-hybridized carbons (Fsp3) is 0.556. The van der Waals surface area contributed by atoms with Gasteiger partial charge >= 0.3 is 0 Å². The molecule has 0 amide bonds. The summed E-state index contributed by atoms with van der Waals surface area (Å²) in [6.07, 6.45) is 3.58. The fourth-order valence-corrected chi connectivity index (χ4v) is 2.70. The third-order valence-corrected chi connectivity index (χ3v) is 4.08. The van der Waals surface area contributed by atoms with Crippen LogP contribution in [0.5, 0.6) is 0 Å². The molecular formula is C18H29N5. The first-order chi connectivity index (χ1) is 11.0. The third-order valence-electron chi connectivity index (χ3n) is 4.08. The summed E-state index contributed by atoms with van der Waals surface area (Å²) in [5.41, 5.74) is 8.11. The minimum atomic E-state index is 0.345. The molecule has 126 valence electrons. The van der Waals surface area contributed by atoms with Crippen LogP contribution in [0.25, 0.3) is 11.0 Å². The number of nitrogens with zero attached hydrogens (tertiary/aromatic N) is 3. The summed E-state index contributed by atoms with van der Waals surface area (Å²) in [4.78, 5) is 9.04. The molecule has 1 aromatic heterocycles. The number of guanidine groups is 1. The molecule has 1 heterocycles. The molecule has 5 nitrogen and oxygen atoms in total. The Labute approximate surface area is 139 Å². The molecule has 1 atom stereocenters. The first-order valence-corrected chi connectivity index (χ1v) is 8.44. The van der Waals surface area contributed by atoms with Gasteiger partial charge in [0.25, 0.3) is 0 Å². The lowest BCUT2D eigenvalue weighted by Gasteiger charge is -2.15. The summed E-state index contributed by atoms with van der Waals surface area (Å²) in [6, 6.07) is 8.44. The Balaban J connectivity index is 1.89. The highest BCUT2D eigenvalue weighted by molar-refractivity contribution is 5.78. The van der Waals surface area contributed by atoms with Gasteiger partial charge in [0.2, 0.25) is 0 Å². The van der Waals surface area contributed by atoms with E-state index in [0.29, 0.717) is 18.5 Å². The van der Waals surface area contributed by atoms with E-state index in [1.54, 1.807) is 0 Å². The van der Waals surface area contributed by atoms with Gasteiger partial charge in [0.15, 0.2) is 5.96 Å². The summed E-state index contributed by atoms with van der Waals surface area (Å²) < 4.78 is 2.07. The Morgan fingerprint density at radius 3 is 2.70 bits per heavy atom. The SMILES string of the molecule is CC(C)CCCC(C)NC(N)=NCc1nc2ccccc2n1C. The number of nitrogens with two attached hydrogens (primary N) is 1. The monoisotopic (exact) mass is 315 g/mol. The maximum Gasteiger partial charge on any atom is 0.189 e. The van der Waals surface area contributed by atoms with Gasteiger partial charge in [-0.25, -0.2) is 9.98 Å². The Morgan fingerprint density at radius 1 is 1.26 bits per heavy atom. The number of aryl methyl sites for hydroxylation is 1. The predicted molar refractivity (Wildman–Crippen MR) is 97.3 cm³/mol. The molecule has 1 aromatic carbocycles. The molecule has 1 unspecified atom stereocenters. The lowest BCUT2D eigenvalue weighted by atomic mass is 10.0. The summed E-state index contributed by atoms with van der Waals surface area (Å²) in [7, 11) is 2.01. The number of benzene rings is 1. The number of rotatable bonds is 7. The standard InChI is InChI=1S/C18H29N5/c1-13(2)8-7-9-14(3)21-18(19)20-12-17-22-15-10-5-6-11-16(15)23(17)4/h5-6,10-11,13-14H,7-9,12H2,1-4H3,(H3,19,20,21). The van der Waals surface area contributed by atoms with Crippen LogP contribution >= 0.6 is 0 Å². The van der Waals surface area contributed by atoms with Crippen LogP contribution in [0.3, 0.4) is 0 Å². The summed E-state index contributed by atoms with van der Waals surface area (Å²) in [5.74, 6) is 2.17. The molecule has 0 radical (unpaired) electrons. The highest BCUT2D eigenvalue weighted by atomic mass is 15.1. The number of aromatic nitrogens is 2. The number of para-hydroxylation sites is 2. The molecule has 0 aliphatic carbocycles. The van der Waals surface area contributed by atoms with E-state index in [0.717, 1.165) is 29.2 Å². The quantitative estimate of drug-likeness (QED) is 0.609. The van der Waals surface area contributed by atoms with Gasteiger partial charge in [-0.2, -0.15) is 0 Å². The van der Waals surface area contributed by atoms with Gasteiger partial charge < -0.3 is 15.6 Å². The molecule has 0 saturated heterocycles. The minimum Gasteiger partial charge on any atom is -0.370 e. The number of hydrogen-bond acceptors (Lipinski definition) is 2.